The van der Waals surface area contributed by atoms with Gasteiger partial charge in [-0.15, -0.1) is 0 Å². The third kappa shape index (κ3) is 3.68. The van der Waals surface area contributed by atoms with Crippen molar-refractivity contribution in [2.75, 3.05) is 5.32 Å². The topological polar surface area (TPSA) is 84.2 Å². The highest BCUT2D eigenvalue weighted by Crippen LogP contribution is 2.34. The van der Waals surface area contributed by atoms with E-state index in [2.05, 4.69) is 15.8 Å². The number of fused-ring (bicyclic) bond motifs is 1. The Balaban J connectivity index is 1.61. The highest BCUT2D eigenvalue weighted by molar-refractivity contribution is 6.33. The third-order valence-electron chi connectivity index (χ3n) is 5.16. The Labute approximate surface area is 177 Å². The van der Waals surface area contributed by atoms with Crippen LogP contribution in [0.4, 0.5) is 10.1 Å². The lowest BCUT2D eigenvalue weighted by atomic mass is 9.97. The normalized spacial score (nSPS) is 14.1. The SMILES string of the molecule is Cc1onc(-c2c(F)cccc2Cl)c1C(=O)N[C@@H](C)c1ccc2c(c1)CCC(=O)N2. The van der Waals surface area contributed by atoms with Crippen molar-refractivity contribution < 1.29 is 18.5 Å². The van der Waals surface area contributed by atoms with Crippen LogP contribution in [0.25, 0.3) is 11.3 Å². The van der Waals surface area contributed by atoms with Crippen LogP contribution in [0.2, 0.25) is 5.02 Å². The summed E-state index contributed by atoms with van der Waals surface area (Å²) in [5.41, 5.74) is 2.93. The zero-order chi connectivity index (χ0) is 21.4. The molecule has 0 fully saturated rings. The summed E-state index contributed by atoms with van der Waals surface area (Å²) in [5, 5.41) is 9.76. The zero-order valence-corrected chi connectivity index (χ0v) is 17.1. The summed E-state index contributed by atoms with van der Waals surface area (Å²) in [6.45, 7) is 3.44. The number of anilines is 1. The molecule has 154 valence electrons. The summed E-state index contributed by atoms with van der Waals surface area (Å²) >= 11 is 6.15. The lowest BCUT2D eigenvalue weighted by Crippen LogP contribution is -2.28. The predicted octanol–water partition coefficient (Wildman–Crippen LogP) is 4.82. The number of nitrogens with one attached hydrogen (secondary N) is 2. The van der Waals surface area contributed by atoms with Crippen LogP contribution in [0.15, 0.2) is 40.9 Å². The maximum atomic E-state index is 14.4. The van der Waals surface area contributed by atoms with Gasteiger partial charge in [0.05, 0.1) is 16.6 Å². The van der Waals surface area contributed by atoms with Gasteiger partial charge in [-0.1, -0.05) is 35.0 Å². The van der Waals surface area contributed by atoms with Gasteiger partial charge in [-0.25, -0.2) is 4.39 Å². The van der Waals surface area contributed by atoms with E-state index in [1.165, 1.54) is 18.2 Å². The molecule has 0 unspecified atom stereocenters. The van der Waals surface area contributed by atoms with Gasteiger partial charge in [0.2, 0.25) is 5.91 Å². The lowest BCUT2D eigenvalue weighted by molar-refractivity contribution is -0.116. The number of hydrogen-bond donors (Lipinski definition) is 2. The first-order valence-electron chi connectivity index (χ1n) is 9.49. The Morgan fingerprint density at radius 1 is 1.30 bits per heavy atom. The second-order valence-corrected chi connectivity index (χ2v) is 7.63. The van der Waals surface area contributed by atoms with Gasteiger partial charge in [0.15, 0.2) is 0 Å². The molecule has 0 saturated carbocycles. The van der Waals surface area contributed by atoms with E-state index in [0.29, 0.717) is 12.8 Å². The molecule has 2 N–H and O–H groups in total. The van der Waals surface area contributed by atoms with Gasteiger partial charge in [0.1, 0.15) is 22.8 Å². The second-order valence-electron chi connectivity index (χ2n) is 7.22. The number of hydrogen-bond acceptors (Lipinski definition) is 4. The van der Waals surface area contributed by atoms with E-state index in [1.54, 1.807) is 6.92 Å². The molecular formula is C22H19ClFN3O3. The van der Waals surface area contributed by atoms with E-state index < -0.39 is 11.7 Å². The van der Waals surface area contributed by atoms with Crippen molar-refractivity contribution in [3.05, 3.63) is 69.7 Å². The van der Waals surface area contributed by atoms with Crippen LogP contribution >= 0.6 is 11.6 Å². The molecule has 1 aliphatic heterocycles. The van der Waals surface area contributed by atoms with E-state index in [1.807, 2.05) is 25.1 Å². The molecule has 0 saturated heterocycles. The van der Waals surface area contributed by atoms with Crippen LogP contribution in [0, 0.1) is 12.7 Å². The Kier molecular flexibility index (Phi) is 5.30. The number of benzene rings is 2. The molecule has 2 heterocycles. The molecule has 1 aromatic heterocycles. The van der Waals surface area contributed by atoms with Crippen LogP contribution in [0.3, 0.4) is 0 Å². The summed E-state index contributed by atoms with van der Waals surface area (Å²) < 4.78 is 19.6. The third-order valence-corrected chi connectivity index (χ3v) is 5.48. The second kappa shape index (κ2) is 7.91. The fourth-order valence-corrected chi connectivity index (χ4v) is 3.81. The smallest absolute Gasteiger partial charge is 0.257 e. The van der Waals surface area contributed by atoms with Crippen LogP contribution < -0.4 is 10.6 Å². The summed E-state index contributed by atoms with van der Waals surface area (Å²) in [6, 6.07) is 9.58. The van der Waals surface area contributed by atoms with E-state index in [0.717, 1.165) is 16.8 Å². The molecule has 3 aromatic rings. The van der Waals surface area contributed by atoms with Gasteiger partial charge in [0, 0.05) is 12.1 Å². The molecule has 0 spiro atoms. The Bertz CT molecular complexity index is 1140. The molecule has 2 amide bonds. The number of rotatable bonds is 4. The molecule has 1 atom stereocenters. The number of aromatic nitrogens is 1. The van der Waals surface area contributed by atoms with Crippen LogP contribution in [0.5, 0.6) is 0 Å². The molecule has 4 rings (SSSR count). The predicted molar refractivity (Wildman–Crippen MR) is 111 cm³/mol. The van der Waals surface area contributed by atoms with Crippen molar-refractivity contribution in [1.82, 2.24) is 10.5 Å². The number of aryl methyl sites for hydroxylation is 2. The van der Waals surface area contributed by atoms with Crippen molar-refractivity contribution in [2.24, 2.45) is 0 Å². The number of nitrogens with zero attached hydrogens (tertiary/aromatic N) is 1. The quantitative estimate of drug-likeness (QED) is 0.625. The molecular weight excluding hydrogens is 409 g/mol. The zero-order valence-electron chi connectivity index (χ0n) is 16.4. The largest absolute Gasteiger partial charge is 0.360 e. The first-order valence-corrected chi connectivity index (χ1v) is 9.87. The Morgan fingerprint density at radius 3 is 2.87 bits per heavy atom. The minimum absolute atomic E-state index is 0.00105. The standard InChI is InChI=1S/C22H19ClFN3O3/c1-11(13-6-8-17-14(10-13)7-9-18(28)26-17)25-22(29)19-12(2)30-27-21(19)20-15(23)4-3-5-16(20)24/h3-6,8,10-11H,7,9H2,1-2H3,(H,25,29)(H,26,28)/t11-/m0/s1. The Morgan fingerprint density at radius 2 is 2.10 bits per heavy atom. The molecule has 1 aliphatic rings. The summed E-state index contributed by atoms with van der Waals surface area (Å²) in [4.78, 5) is 24.6. The van der Waals surface area contributed by atoms with Gasteiger partial charge in [0.25, 0.3) is 5.91 Å². The molecule has 0 radical (unpaired) electrons. The summed E-state index contributed by atoms with van der Waals surface area (Å²) in [5.74, 6) is -0.766. The van der Waals surface area contributed by atoms with Gasteiger partial charge in [-0.2, -0.15) is 0 Å². The van der Waals surface area contributed by atoms with E-state index in [4.69, 9.17) is 16.1 Å². The van der Waals surface area contributed by atoms with Crippen molar-refractivity contribution in [1.29, 1.82) is 0 Å². The molecule has 30 heavy (non-hydrogen) atoms. The van der Waals surface area contributed by atoms with Crippen molar-refractivity contribution >= 4 is 29.1 Å². The molecule has 8 heteroatoms. The van der Waals surface area contributed by atoms with E-state index >= 15 is 0 Å². The Hall–Kier alpha value is -3.19. The van der Waals surface area contributed by atoms with Gasteiger partial charge >= 0.3 is 0 Å². The van der Waals surface area contributed by atoms with Crippen molar-refractivity contribution in [2.45, 2.75) is 32.7 Å². The maximum absolute atomic E-state index is 14.4. The fourth-order valence-electron chi connectivity index (χ4n) is 3.56. The van der Waals surface area contributed by atoms with Gasteiger partial charge in [-0.05, 0) is 49.6 Å². The summed E-state index contributed by atoms with van der Waals surface area (Å²) in [7, 11) is 0. The molecule has 0 bridgehead atoms. The van der Waals surface area contributed by atoms with E-state index in [-0.39, 0.29) is 39.6 Å². The molecule has 0 aliphatic carbocycles. The van der Waals surface area contributed by atoms with Crippen LogP contribution in [-0.2, 0) is 11.2 Å². The average molecular weight is 428 g/mol. The first-order chi connectivity index (χ1) is 14.3. The monoisotopic (exact) mass is 427 g/mol. The minimum atomic E-state index is -0.588. The molecule has 6 nitrogen and oxygen atoms in total. The highest BCUT2D eigenvalue weighted by atomic mass is 35.5. The summed E-state index contributed by atoms with van der Waals surface area (Å²) in [6.07, 6.45) is 1.08. The van der Waals surface area contributed by atoms with Crippen LogP contribution in [-0.4, -0.2) is 17.0 Å². The number of halogens is 2. The van der Waals surface area contributed by atoms with Gasteiger partial charge < -0.3 is 15.2 Å². The minimum Gasteiger partial charge on any atom is -0.360 e. The van der Waals surface area contributed by atoms with Crippen molar-refractivity contribution in [3.8, 4) is 11.3 Å². The highest BCUT2D eigenvalue weighted by Gasteiger charge is 2.26. The number of carbonyl (C=O) groups is 2. The van der Waals surface area contributed by atoms with E-state index in [9.17, 15) is 14.0 Å². The first kappa shape index (κ1) is 20.1. The van der Waals surface area contributed by atoms with Gasteiger partial charge in [-0.3, -0.25) is 9.59 Å². The van der Waals surface area contributed by atoms with Crippen molar-refractivity contribution in [3.63, 3.8) is 0 Å². The number of carbonyl (C=O) groups excluding carboxylic acids is 2. The van der Waals surface area contributed by atoms with Crippen LogP contribution in [0.1, 0.15) is 46.6 Å². The lowest BCUT2D eigenvalue weighted by Gasteiger charge is -2.20. The fraction of sp³-hybridized carbons (Fsp3) is 0.227. The number of amides is 2. The average Bonchev–Trinajstić information content (AvgIpc) is 3.08. The molecule has 2 aromatic carbocycles. The maximum Gasteiger partial charge on any atom is 0.257 e.